The van der Waals surface area contributed by atoms with E-state index in [-0.39, 0.29) is 67.3 Å². The summed E-state index contributed by atoms with van der Waals surface area (Å²) in [5, 5.41) is 52.9. The van der Waals surface area contributed by atoms with Crippen LogP contribution in [0, 0.1) is 0 Å². The Morgan fingerprint density at radius 2 is 1.11 bits per heavy atom. The van der Waals surface area contributed by atoms with Crippen molar-refractivity contribution in [1.82, 2.24) is 0 Å². The van der Waals surface area contributed by atoms with E-state index in [0.717, 1.165) is 0 Å². The number of carboxylic acid groups (broad SMARTS) is 5. The van der Waals surface area contributed by atoms with Crippen molar-refractivity contribution < 1.29 is 79.4 Å². The molecule has 0 aliphatic carbocycles. The van der Waals surface area contributed by atoms with E-state index in [4.69, 9.17) is 20.1 Å². The molecule has 0 unspecified atom stereocenters. The third-order valence-corrected chi connectivity index (χ3v) is 1.25. The number of hydrogen-bond donors (Lipinski definition) is 3. The number of carbonyl (C=O) groups is 4. The first-order valence-corrected chi connectivity index (χ1v) is 3.76. The normalized spacial score (nSPS) is 8.68. The molecule has 3 N–H and O–H groups in total. The van der Waals surface area contributed by atoms with E-state index in [1.165, 1.54) is 0 Å². The molecule has 12 heteroatoms. The van der Waals surface area contributed by atoms with Crippen molar-refractivity contribution in [3.8, 4) is 0 Å². The predicted octanol–water partition coefficient (Wildman–Crippen LogP) is -8.41. The van der Waals surface area contributed by atoms with E-state index in [2.05, 4.69) is 0 Å². The van der Waals surface area contributed by atoms with Crippen molar-refractivity contribution in [3.63, 3.8) is 0 Å². The van der Waals surface area contributed by atoms with Crippen LogP contribution in [0.25, 0.3) is 0 Å². The maximum Gasteiger partial charge on any atom is 2.00 e. The van der Waals surface area contributed by atoms with Gasteiger partial charge in [-0.3, -0.25) is 0 Å². The Bertz CT molecular complexity index is 310. The summed E-state index contributed by atoms with van der Waals surface area (Å²) in [5.41, 5.74) is -2.97. The van der Waals surface area contributed by atoms with Gasteiger partial charge in [0.25, 0.3) is 0 Å². The van der Waals surface area contributed by atoms with Gasteiger partial charge in [0.1, 0.15) is 5.60 Å². The molecule has 0 fully saturated rings. The first-order chi connectivity index (χ1) is 7.51. The summed E-state index contributed by atoms with van der Waals surface area (Å²) < 4.78 is 0. The largest absolute Gasteiger partial charge is 2.00 e. The molecule has 0 bridgehead atoms. The molecular weight excluding hydrogens is 307 g/mol. The van der Waals surface area contributed by atoms with Crippen molar-refractivity contribution in [3.05, 3.63) is 0 Å². The van der Waals surface area contributed by atoms with E-state index < -0.39 is 42.5 Å². The van der Waals surface area contributed by atoms with E-state index >= 15 is 0 Å². The first kappa shape index (κ1) is 27.3. The van der Waals surface area contributed by atoms with Crippen LogP contribution in [0.15, 0.2) is 0 Å². The second kappa shape index (κ2) is 12.9. The van der Waals surface area contributed by atoms with Gasteiger partial charge in [0.2, 0.25) is 0 Å². The minimum atomic E-state index is -2.97. The molecule has 19 heavy (non-hydrogen) atoms. The third kappa shape index (κ3) is 17.9. The molecule has 0 aliphatic heterocycles. The monoisotopic (exact) mass is 314 g/mol. The molecule has 0 spiro atoms. The van der Waals surface area contributed by atoms with Crippen LogP contribution in [0.2, 0.25) is 0 Å². The Morgan fingerprint density at radius 3 is 1.21 bits per heavy atom. The summed E-state index contributed by atoms with van der Waals surface area (Å²) in [6.45, 7) is 0. The molecule has 0 aromatic rings. The number of rotatable bonds is 5. The van der Waals surface area contributed by atoms with E-state index in [1.807, 2.05) is 0 Å². The summed E-state index contributed by atoms with van der Waals surface area (Å²) in [4.78, 5) is 38.6. The number of aliphatic carboxylic acids is 3. The Morgan fingerprint density at radius 1 is 0.895 bits per heavy atom. The van der Waals surface area contributed by atoms with E-state index in [1.54, 1.807) is 0 Å². The minimum Gasteiger partial charge on any atom is -0.550 e. The molecule has 0 saturated carbocycles. The summed E-state index contributed by atoms with van der Waals surface area (Å²) in [6.07, 6.45) is -4.55. The van der Waals surface area contributed by atoms with Crippen LogP contribution in [-0.4, -0.2) is 82.7 Å². The van der Waals surface area contributed by atoms with Gasteiger partial charge in [-0.15, -0.1) is 0 Å². The van der Waals surface area contributed by atoms with Crippen LogP contribution in [0.1, 0.15) is 12.8 Å². The van der Waals surface area contributed by atoms with Crippen LogP contribution in [0.4, 0.5) is 4.79 Å². The Labute approximate surface area is 158 Å². The molecule has 0 saturated heterocycles. The standard InChI is InChI=1S/C6H8O7.CH2O3.Ca.Na/c7-3(8)1-6(13,5(11)12)2-4(9)10;2-1(3)4;;/h13H,1-2H2,(H,7,8)(H,9,10)(H,11,12);(H2,2,3,4);;/q;;+2;+1/p-3. The summed E-state index contributed by atoms with van der Waals surface area (Å²) in [7, 11) is 0. The molecule has 0 radical (unpaired) electrons. The van der Waals surface area contributed by atoms with Gasteiger partial charge in [0, 0.05) is 24.8 Å². The van der Waals surface area contributed by atoms with Gasteiger partial charge in [-0.1, -0.05) is 0 Å². The van der Waals surface area contributed by atoms with Gasteiger partial charge >= 0.3 is 73.5 Å². The average molecular weight is 314 g/mol. The minimum absolute atomic E-state index is 0. The molecule has 0 heterocycles. The number of hydrogen-bond acceptors (Lipinski definition) is 8. The quantitative estimate of drug-likeness (QED) is 0.409. The Hall–Kier alpha value is -0.100. The third-order valence-electron chi connectivity index (χ3n) is 1.25. The molecule has 0 aromatic carbocycles. The van der Waals surface area contributed by atoms with Crippen LogP contribution >= 0.6 is 0 Å². The van der Waals surface area contributed by atoms with Crippen molar-refractivity contribution >= 4 is 61.8 Å². The molecule has 0 aromatic heterocycles. The number of carboxylic acids is 3. The van der Waals surface area contributed by atoms with Crippen LogP contribution in [0.5, 0.6) is 0 Å². The second-order valence-electron chi connectivity index (χ2n) is 2.70. The molecule has 0 rings (SSSR count). The Balaban J connectivity index is -0.000000165. The molecule has 98 valence electrons. The predicted molar refractivity (Wildman–Crippen MR) is 45.6 cm³/mol. The number of aliphatic hydroxyl groups is 1. The topological polar surface area (TPSA) is 198 Å². The van der Waals surface area contributed by atoms with Crippen molar-refractivity contribution in [2.45, 2.75) is 18.4 Å². The molecule has 0 aliphatic rings. The summed E-state index contributed by atoms with van der Waals surface area (Å²) >= 11 is 0. The Kier molecular flexibility index (Phi) is 18.5. The van der Waals surface area contributed by atoms with Crippen LogP contribution in [0.3, 0.4) is 0 Å². The summed E-state index contributed by atoms with van der Waals surface area (Å²) in [5.74, 6) is -5.98. The van der Waals surface area contributed by atoms with E-state index in [0.29, 0.717) is 0 Å². The smallest absolute Gasteiger partial charge is 0.550 e. The molecule has 0 atom stereocenters. The van der Waals surface area contributed by atoms with Crippen LogP contribution < -0.4 is 44.9 Å². The second-order valence-corrected chi connectivity index (χ2v) is 2.70. The zero-order valence-electron chi connectivity index (χ0n) is 9.82. The maximum atomic E-state index is 10.1. The zero-order valence-corrected chi connectivity index (χ0v) is 14.0. The summed E-state index contributed by atoms with van der Waals surface area (Å²) in [6, 6.07) is 0. The SMILES string of the molecule is O=C(O)O.O=C([O-])CC(O)(CC(=O)[O-])C(=O)[O-].[Ca+2].[Na+]. The average Bonchev–Trinajstić information content (AvgIpc) is 1.98. The van der Waals surface area contributed by atoms with Crippen molar-refractivity contribution in [2.24, 2.45) is 0 Å². The van der Waals surface area contributed by atoms with Gasteiger partial charge in [0.15, 0.2) is 0 Å². The molecule has 0 amide bonds. The molecule has 10 nitrogen and oxygen atoms in total. The van der Waals surface area contributed by atoms with Crippen molar-refractivity contribution in [2.75, 3.05) is 0 Å². The van der Waals surface area contributed by atoms with Gasteiger partial charge in [-0.2, -0.15) is 0 Å². The number of carbonyl (C=O) groups excluding carboxylic acids is 3. The van der Waals surface area contributed by atoms with Gasteiger partial charge < -0.3 is 45.0 Å². The maximum absolute atomic E-state index is 10.1. The zero-order chi connectivity index (χ0) is 14.2. The van der Waals surface area contributed by atoms with Gasteiger partial charge in [-0.25, -0.2) is 4.79 Å². The van der Waals surface area contributed by atoms with Gasteiger partial charge in [0.05, 0.1) is 5.97 Å². The van der Waals surface area contributed by atoms with E-state index in [9.17, 15) is 29.7 Å². The fourth-order valence-electron chi connectivity index (χ4n) is 0.684. The van der Waals surface area contributed by atoms with Crippen LogP contribution in [-0.2, 0) is 14.4 Å². The molecular formula is C7H7CaNaO10. The fraction of sp³-hybridized carbons (Fsp3) is 0.429. The first-order valence-electron chi connectivity index (χ1n) is 3.76. The fourth-order valence-corrected chi connectivity index (χ4v) is 0.684. The van der Waals surface area contributed by atoms with Gasteiger partial charge in [-0.05, 0) is 0 Å². The van der Waals surface area contributed by atoms with Crippen molar-refractivity contribution in [1.29, 1.82) is 0 Å².